The van der Waals surface area contributed by atoms with E-state index in [0.29, 0.717) is 9.79 Å². The van der Waals surface area contributed by atoms with Gasteiger partial charge in [0.25, 0.3) is 0 Å². The van der Waals surface area contributed by atoms with Gasteiger partial charge in [-0.2, -0.15) is 0 Å². The van der Waals surface area contributed by atoms with Gasteiger partial charge in [0.05, 0.1) is 20.6 Å². The molecule has 0 unspecified atom stereocenters. The highest BCUT2D eigenvalue weighted by molar-refractivity contribution is 7.85. The van der Waals surface area contributed by atoms with Crippen LogP contribution >= 0.6 is 0 Å². The predicted octanol–water partition coefficient (Wildman–Crippen LogP) is 6.47. The molecule has 4 rings (SSSR count). The van der Waals surface area contributed by atoms with Crippen molar-refractivity contribution >= 4 is 10.8 Å². The summed E-state index contributed by atoms with van der Waals surface area (Å²) in [4.78, 5) is 1.28. The third-order valence-electron chi connectivity index (χ3n) is 4.48. The molecule has 0 amide bonds. The van der Waals surface area contributed by atoms with Crippen LogP contribution in [0.5, 0.6) is 0 Å². The first-order chi connectivity index (χ1) is 13.6. The van der Waals surface area contributed by atoms with Crippen LogP contribution in [0.4, 0.5) is 8.78 Å². The Balaban J connectivity index is 1.82. The van der Waals surface area contributed by atoms with Crippen molar-refractivity contribution in [2.75, 3.05) is 0 Å². The van der Waals surface area contributed by atoms with Gasteiger partial charge in [-0.25, -0.2) is 13.0 Å². The Morgan fingerprint density at radius 3 is 1.25 bits per heavy atom. The molecule has 0 aliphatic carbocycles. The highest BCUT2D eigenvalue weighted by atomic mass is 32.2. The lowest BCUT2D eigenvalue weighted by atomic mass is 10.1. The Morgan fingerprint density at radius 1 is 0.500 bits per heavy atom. The van der Waals surface area contributed by atoms with Crippen LogP contribution in [0.15, 0.2) is 107 Å². The summed E-state index contributed by atoms with van der Waals surface area (Å²) in [7, 11) is -1.47. The van der Waals surface area contributed by atoms with Gasteiger partial charge in [0.15, 0.2) is 0 Å². The summed E-state index contributed by atoms with van der Waals surface area (Å²) in [5.41, 5.74) is 3.17. The monoisotopic (exact) mass is 390 g/mol. The Kier molecular flexibility index (Phi) is 5.13. The van der Waals surface area contributed by atoms with E-state index >= 15 is 0 Å². The molecule has 0 saturated carbocycles. The summed E-state index contributed by atoms with van der Waals surface area (Å²) in [5.74, 6) is -0.631. The molecule has 1 nitrogen and oxygen atoms in total. The van der Waals surface area contributed by atoms with Gasteiger partial charge >= 0.3 is 0 Å². The van der Waals surface area contributed by atoms with Crippen LogP contribution in [0.2, 0.25) is 0 Å². The van der Waals surface area contributed by atoms with Gasteiger partial charge in [0.2, 0.25) is 0 Å². The van der Waals surface area contributed by atoms with Crippen LogP contribution in [0.3, 0.4) is 0 Å². The molecule has 0 spiro atoms. The molecule has 0 aromatic heterocycles. The quantitative estimate of drug-likeness (QED) is 0.390. The second-order valence-corrected chi connectivity index (χ2v) is 7.69. The Hall–Kier alpha value is -3.11. The summed E-state index contributed by atoms with van der Waals surface area (Å²) in [5, 5.41) is 0. The van der Waals surface area contributed by atoms with Gasteiger partial charge in [-0.1, -0.05) is 60.7 Å². The summed E-state index contributed by atoms with van der Waals surface area (Å²) < 4.78 is 40.1. The molecule has 0 atom stereocenters. The average molecular weight is 390 g/mol. The van der Waals surface area contributed by atoms with Crippen LogP contribution in [-0.2, 0) is 10.8 Å². The molecule has 0 saturated heterocycles. The number of hydrogen-bond donors (Lipinski definition) is 0. The van der Waals surface area contributed by atoms with E-state index in [1.807, 2.05) is 48.5 Å². The molecule has 0 radical (unpaired) electrons. The van der Waals surface area contributed by atoms with Crippen molar-refractivity contribution in [1.82, 2.24) is 0 Å². The van der Waals surface area contributed by atoms with E-state index < -0.39 is 10.8 Å². The molecule has 4 aromatic rings. The zero-order valence-electron chi connectivity index (χ0n) is 14.8. The highest BCUT2D eigenvalue weighted by Crippen LogP contribution is 2.33. The first-order valence-electron chi connectivity index (χ1n) is 8.75. The number of rotatable bonds is 4. The zero-order valence-corrected chi connectivity index (χ0v) is 15.6. The molecule has 0 heterocycles. The fourth-order valence-corrected chi connectivity index (χ4v) is 4.52. The Morgan fingerprint density at radius 2 is 0.857 bits per heavy atom. The zero-order chi connectivity index (χ0) is 19.5. The molecule has 0 aliphatic heterocycles. The normalized spacial score (nSPS) is 11.0. The van der Waals surface area contributed by atoms with Crippen LogP contribution < -0.4 is 0 Å². The van der Waals surface area contributed by atoms with Crippen LogP contribution in [0.25, 0.3) is 22.3 Å². The molecule has 4 aromatic carbocycles. The van der Waals surface area contributed by atoms with Crippen molar-refractivity contribution in [3.8, 4) is 22.3 Å². The van der Waals surface area contributed by atoms with Crippen molar-refractivity contribution in [2.24, 2.45) is 0 Å². The first kappa shape index (κ1) is 18.3. The fraction of sp³-hybridized carbons (Fsp3) is 0. The molecule has 0 bridgehead atoms. The number of halogens is 2. The average Bonchev–Trinajstić information content (AvgIpc) is 2.74. The third-order valence-corrected chi connectivity index (χ3v) is 5.99. The maximum atomic E-state index is 13.5. The third kappa shape index (κ3) is 3.64. The van der Waals surface area contributed by atoms with Crippen molar-refractivity contribution in [2.45, 2.75) is 9.79 Å². The van der Waals surface area contributed by atoms with E-state index in [1.54, 1.807) is 24.3 Å². The predicted molar refractivity (Wildman–Crippen MR) is 108 cm³/mol. The summed E-state index contributed by atoms with van der Waals surface area (Å²) in [6, 6.07) is 27.1. The smallest absolute Gasteiger partial charge is 0.123 e. The second-order valence-electron chi connectivity index (χ2n) is 6.27. The number of benzene rings is 4. The van der Waals surface area contributed by atoms with Crippen molar-refractivity contribution in [3.05, 3.63) is 109 Å². The van der Waals surface area contributed by atoms with Crippen LogP contribution in [-0.4, -0.2) is 4.21 Å². The van der Waals surface area contributed by atoms with Crippen LogP contribution in [0, 0.1) is 11.6 Å². The fourth-order valence-electron chi connectivity index (χ4n) is 3.11. The van der Waals surface area contributed by atoms with E-state index in [1.165, 1.54) is 24.3 Å². The molecule has 28 heavy (non-hydrogen) atoms. The molecule has 0 fully saturated rings. The summed E-state index contributed by atoms with van der Waals surface area (Å²) >= 11 is 0. The van der Waals surface area contributed by atoms with E-state index in [4.69, 9.17) is 0 Å². The lowest BCUT2D eigenvalue weighted by molar-refractivity contribution is 0.627. The highest BCUT2D eigenvalue weighted by Gasteiger charge is 2.17. The Labute approximate surface area is 164 Å². The van der Waals surface area contributed by atoms with E-state index in [9.17, 15) is 13.0 Å². The summed E-state index contributed by atoms with van der Waals surface area (Å²) in [6.07, 6.45) is 0. The topological polar surface area (TPSA) is 17.1 Å². The van der Waals surface area contributed by atoms with Gasteiger partial charge < -0.3 is 0 Å². The van der Waals surface area contributed by atoms with Gasteiger partial charge in [0, 0.05) is 0 Å². The lowest BCUT2D eigenvalue weighted by Gasteiger charge is -2.13. The molecule has 0 N–H and O–H groups in total. The summed E-state index contributed by atoms with van der Waals surface area (Å²) in [6.45, 7) is 0. The largest absolute Gasteiger partial charge is 0.249 e. The minimum Gasteiger partial charge on any atom is -0.249 e. The van der Waals surface area contributed by atoms with E-state index in [2.05, 4.69) is 0 Å². The molecule has 138 valence electrons. The number of hydrogen-bond acceptors (Lipinski definition) is 1. The standard InChI is InChI=1S/C24H16F2OS/c25-19-13-9-17(10-14-19)21-5-1-3-7-23(21)28(27)24-8-4-2-6-22(24)18-11-15-20(26)16-12-18/h1-16H. The second kappa shape index (κ2) is 7.87. The van der Waals surface area contributed by atoms with Gasteiger partial charge in [-0.3, -0.25) is 0 Å². The van der Waals surface area contributed by atoms with Gasteiger partial charge in [-0.05, 0) is 58.7 Å². The van der Waals surface area contributed by atoms with Crippen molar-refractivity contribution in [1.29, 1.82) is 0 Å². The maximum Gasteiger partial charge on any atom is 0.123 e. The molecular weight excluding hydrogens is 374 g/mol. The van der Waals surface area contributed by atoms with E-state index in [0.717, 1.165) is 22.3 Å². The SMILES string of the molecule is O=S(c1ccccc1-c1ccc(F)cc1)c1ccccc1-c1ccc(F)cc1. The lowest BCUT2D eigenvalue weighted by Crippen LogP contribution is -1.98. The first-order valence-corrected chi connectivity index (χ1v) is 9.90. The molecule has 0 aliphatic rings. The minimum atomic E-state index is -1.47. The Bertz CT molecular complexity index is 1040. The van der Waals surface area contributed by atoms with Gasteiger partial charge in [0.1, 0.15) is 11.6 Å². The van der Waals surface area contributed by atoms with E-state index in [-0.39, 0.29) is 11.6 Å². The minimum absolute atomic E-state index is 0.316. The van der Waals surface area contributed by atoms with Crippen molar-refractivity contribution in [3.63, 3.8) is 0 Å². The molecular formula is C24H16F2OS. The van der Waals surface area contributed by atoms with Gasteiger partial charge in [-0.15, -0.1) is 0 Å². The molecule has 4 heteroatoms. The maximum absolute atomic E-state index is 13.5. The van der Waals surface area contributed by atoms with Crippen molar-refractivity contribution < 1.29 is 13.0 Å². The van der Waals surface area contributed by atoms with Crippen LogP contribution in [0.1, 0.15) is 0 Å².